The molecule has 0 fully saturated rings. The Morgan fingerprint density at radius 3 is 1.75 bits per heavy atom. The fourth-order valence-corrected chi connectivity index (χ4v) is 1.43. The lowest BCUT2D eigenvalue weighted by molar-refractivity contribution is 0.940. The lowest BCUT2D eigenvalue weighted by Crippen LogP contribution is -1.86. The minimum absolute atomic E-state index is 0.505. The van der Waals surface area contributed by atoms with Crippen LogP contribution in [0.25, 0.3) is 0 Å². The van der Waals surface area contributed by atoms with Crippen molar-refractivity contribution < 1.29 is 0 Å². The first-order valence-electron chi connectivity index (χ1n) is 4.13. The van der Waals surface area contributed by atoms with Gasteiger partial charge in [-0.3, -0.25) is 0 Å². The van der Waals surface area contributed by atoms with Gasteiger partial charge in [0.2, 0.25) is 0 Å². The lowest BCUT2D eigenvalue weighted by Gasteiger charge is -1.98. The number of alkyl halides is 1. The average Bonchev–Trinajstić information content (AvgIpc) is 2.06. The molecule has 0 aromatic carbocycles. The highest BCUT2D eigenvalue weighted by molar-refractivity contribution is 14.1. The van der Waals surface area contributed by atoms with Crippen molar-refractivity contribution in [2.24, 2.45) is 5.92 Å². The molecule has 1 rings (SSSR count). The van der Waals surface area contributed by atoms with Crippen LogP contribution in [0, 0.1) is 5.92 Å². The van der Waals surface area contributed by atoms with Crippen LogP contribution in [0.15, 0.2) is 48.6 Å². The second-order valence-electron chi connectivity index (χ2n) is 2.84. The van der Waals surface area contributed by atoms with E-state index in [-0.39, 0.29) is 0 Å². The van der Waals surface area contributed by atoms with Gasteiger partial charge in [-0.05, 0) is 5.92 Å². The van der Waals surface area contributed by atoms with Crippen molar-refractivity contribution in [3.63, 3.8) is 0 Å². The Bertz CT molecular complexity index is 183. The predicted octanol–water partition coefficient (Wildman–Crippen LogP) is 3.66. The molecule has 0 aliphatic heterocycles. The molecule has 0 nitrogen and oxygen atoms in total. The molecule has 12 heavy (non-hydrogen) atoms. The van der Waals surface area contributed by atoms with E-state index in [0.29, 0.717) is 9.84 Å². The Balaban J connectivity index is 2.70. The van der Waals surface area contributed by atoms with Crippen LogP contribution < -0.4 is 0 Å². The Morgan fingerprint density at radius 1 is 0.833 bits per heavy atom. The molecule has 2 unspecified atom stereocenters. The molecule has 0 saturated heterocycles. The Labute approximate surface area is 87.9 Å². The summed E-state index contributed by atoms with van der Waals surface area (Å²) < 4.78 is 0.505. The summed E-state index contributed by atoms with van der Waals surface area (Å²) in [5, 5.41) is 0. The van der Waals surface area contributed by atoms with Gasteiger partial charge in [0.05, 0.1) is 0 Å². The summed E-state index contributed by atoms with van der Waals surface area (Å²) in [5.74, 6) is 0.532. The minimum atomic E-state index is 0.505. The van der Waals surface area contributed by atoms with Crippen molar-refractivity contribution in [3.8, 4) is 0 Å². The Kier molecular flexibility index (Phi) is 4.36. The first-order chi connectivity index (χ1) is 5.79. The van der Waals surface area contributed by atoms with Gasteiger partial charge < -0.3 is 0 Å². The molecule has 1 heteroatoms. The number of rotatable bonds is 0. The Morgan fingerprint density at radius 2 is 1.25 bits per heavy atom. The monoisotopic (exact) mass is 272 g/mol. The van der Waals surface area contributed by atoms with E-state index in [1.807, 2.05) is 0 Å². The molecule has 0 spiro atoms. The molecule has 0 bridgehead atoms. The highest BCUT2D eigenvalue weighted by Crippen LogP contribution is 2.07. The largest absolute Gasteiger partial charge is 0.0779 e. The molecule has 64 valence electrons. The first kappa shape index (κ1) is 9.78. The second-order valence-corrected chi connectivity index (χ2v) is 4.28. The van der Waals surface area contributed by atoms with Crippen molar-refractivity contribution >= 4 is 22.6 Å². The number of hydrogen-bond donors (Lipinski definition) is 0. The summed E-state index contributed by atoms with van der Waals surface area (Å²) in [4.78, 5) is 0. The van der Waals surface area contributed by atoms with Crippen LogP contribution in [-0.4, -0.2) is 3.92 Å². The average molecular weight is 272 g/mol. The van der Waals surface area contributed by atoms with E-state index in [9.17, 15) is 0 Å². The normalized spacial score (nSPS) is 37.2. The van der Waals surface area contributed by atoms with Gasteiger partial charge in [-0.2, -0.15) is 0 Å². The highest BCUT2D eigenvalue weighted by atomic mass is 127. The molecule has 0 aromatic heterocycles. The first-order valence-corrected chi connectivity index (χ1v) is 5.37. The second kappa shape index (κ2) is 5.36. The molecule has 0 N–H and O–H groups in total. The smallest absolute Gasteiger partial charge is 0.0475 e. The standard InChI is InChI=1S/C11H13I/c1-10-6-2-4-8-11(12)9-5-3-7-10/h2-11H,1H3/b6-2-,7-3?,8-4-,9-5-. The van der Waals surface area contributed by atoms with Gasteiger partial charge in [0, 0.05) is 3.92 Å². The van der Waals surface area contributed by atoms with Crippen molar-refractivity contribution in [3.05, 3.63) is 48.6 Å². The molecule has 1 aliphatic rings. The van der Waals surface area contributed by atoms with Crippen LogP contribution in [0.4, 0.5) is 0 Å². The zero-order chi connectivity index (χ0) is 8.81. The van der Waals surface area contributed by atoms with Gasteiger partial charge in [0.25, 0.3) is 0 Å². The molecule has 0 aromatic rings. The summed E-state index contributed by atoms with van der Waals surface area (Å²) in [6.45, 7) is 2.18. The maximum Gasteiger partial charge on any atom is 0.0475 e. The summed E-state index contributed by atoms with van der Waals surface area (Å²) in [6.07, 6.45) is 17.2. The van der Waals surface area contributed by atoms with Gasteiger partial charge in [0.1, 0.15) is 0 Å². The molecular formula is C11H13I. The fraction of sp³-hybridized carbons (Fsp3) is 0.273. The van der Waals surface area contributed by atoms with Crippen LogP contribution in [0.1, 0.15) is 6.92 Å². The third-order valence-electron chi connectivity index (χ3n) is 1.64. The van der Waals surface area contributed by atoms with Crippen molar-refractivity contribution in [1.29, 1.82) is 0 Å². The minimum Gasteiger partial charge on any atom is -0.0779 e. The van der Waals surface area contributed by atoms with Crippen molar-refractivity contribution in [1.82, 2.24) is 0 Å². The van der Waals surface area contributed by atoms with E-state index in [2.05, 4.69) is 78.1 Å². The molecular weight excluding hydrogens is 259 g/mol. The van der Waals surface area contributed by atoms with E-state index in [1.54, 1.807) is 0 Å². The van der Waals surface area contributed by atoms with Crippen molar-refractivity contribution in [2.75, 3.05) is 0 Å². The number of allylic oxidation sites excluding steroid dienone is 8. The van der Waals surface area contributed by atoms with Gasteiger partial charge in [-0.1, -0.05) is 78.1 Å². The van der Waals surface area contributed by atoms with Gasteiger partial charge in [0.15, 0.2) is 0 Å². The fourth-order valence-electron chi connectivity index (χ4n) is 0.948. The Hall–Kier alpha value is -0.310. The predicted molar refractivity (Wildman–Crippen MR) is 63.5 cm³/mol. The summed E-state index contributed by atoms with van der Waals surface area (Å²) in [5.41, 5.74) is 0. The van der Waals surface area contributed by atoms with E-state index < -0.39 is 0 Å². The van der Waals surface area contributed by atoms with Gasteiger partial charge in [-0.15, -0.1) is 0 Å². The molecule has 2 atom stereocenters. The van der Waals surface area contributed by atoms with E-state index in [4.69, 9.17) is 0 Å². The SMILES string of the molecule is CC1C=C/C=C\C(I)/C=C\C=C/1. The van der Waals surface area contributed by atoms with Crippen LogP contribution in [0.5, 0.6) is 0 Å². The summed E-state index contributed by atoms with van der Waals surface area (Å²) >= 11 is 2.39. The molecule has 0 heterocycles. The van der Waals surface area contributed by atoms with Crippen LogP contribution in [-0.2, 0) is 0 Å². The number of hydrogen-bond acceptors (Lipinski definition) is 0. The zero-order valence-corrected chi connectivity index (χ0v) is 9.31. The zero-order valence-electron chi connectivity index (χ0n) is 7.15. The maximum atomic E-state index is 2.39. The van der Waals surface area contributed by atoms with Crippen LogP contribution >= 0.6 is 22.6 Å². The van der Waals surface area contributed by atoms with Crippen LogP contribution in [0.2, 0.25) is 0 Å². The van der Waals surface area contributed by atoms with Crippen molar-refractivity contribution in [2.45, 2.75) is 10.8 Å². The van der Waals surface area contributed by atoms with E-state index >= 15 is 0 Å². The number of halogens is 1. The van der Waals surface area contributed by atoms with Gasteiger partial charge >= 0.3 is 0 Å². The molecule has 0 amide bonds. The highest BCUT2D eigenvalue weighted by Gasteiger charge is 1.91. The van der Waals surface area contributed by atoms with E-state index in [1.165, 1.54) is 0 Å². The summed E-state index contributed by atoms with van der Waals surface area (Å²) in [6, 6.07) is 0. The maximum absolute atomic E-state index is 2.39. The lowest BCUT2D eigenvalue weighted by atomic mass is 10.1. The topological polar surface area (TPSA) is 0 Å². The third-order valence-corrected chi connectivity index (χ3v) is 2.47. The molecule has 0 radical (unpaired) electrons. The molecule has 0 saturated carbocycles. The summed E-state index contributed by atoms with van der Waals surface area (Å²) in [7, 11) is 0. The quantitative estimate of drug-likeness (QED) is 0.466. The third kappa shape index (κ3) is 3.90. The van der Waals surface area contributed by atoms with E-state index in [0.717, 1.165) is 0 Å². The van der Waals surface area contributed by atoms with Crippen LogP contribution in [0.3, 0.4) is 0 Å². The van der Waals surface area contributed by atoms with Gasteiger partial charge in [-0.25, -0.2) is 0 Å². The molecule has 1 aliphatic carbocycles.